The number of anilines is 1. The molecule has 0 aliphatic heterocycles. The molecule has 5 nitrogen and oxygen atoms in total. The zero-order valence-corrected chi connectivity index (χ0v) is 17.4. The summed E-state index contributed by atoms with van der Waals surface area (Å²) < 4.78 is 23.8. The highest BCUT2D eigenvalue weighted by molar-refractivity contribution is 7.90. The van der Waals surface area contributed by atoms with Gasteiger partial charge in [0, 0.05) is 29.3 Å². The van der Waals surface area contributed by atoms with Gasteiger partial charge in [-0.25, -0.2) is 13.4 Å². The van der Waals surface area contributed by atoms with Gasteiger partial charge in [0.25, 0.3) is 5.91 Å². The van der Waals surface area contributed by atoms with Gasteiger partial charge in [0.15, 0.2) is 15.0 Å². The predicted molar refractivity (Wildman–Crippen MR) is 114 cm³/mol. The van der Waals surface area contributed by atoms with Crippen molar-refractivity contribution in [3.8, 4) is 11.3 Å². The summed E-state index contributed by atoms with van der Waals surface area (Å²) in [6.07, 6.45) is 2.64. The maximum Gasteiger partial charge on any atom is 0.260 e. The Labute approximate surface area is 172 Å². The second-order valence-corrected chi connectivity index (χ2v) is 9.23. The largest absolute Gasteiger partial charge is 0.280 e. The first-order chi connectivity index (χ1) is 13.3. The molecule has 0 fully saturated rings. The molecule has 0 N–H and O–H groups in total. The third kappa shape index (κ3) is 4.32. The summed E-state index contributed by atoms with van der Waals surface area (Å²) in [5, 5.41) is 2.45. The summed E-state index contributed by atoms with van der Waals surface area (Å²) in [6, 6.07) is 13.8. The van der Waals surface area contributed by atoms with Crippen LogP contribution in [0.5, 0.6) is 0 Å². The fourth-order valence-corrected chi connectivity index (χ4v) is 4.73. The van der Waals surface area contributed by atoms with Crippen LogP contribution in [0.15, 0.2) is 71.5 Å². The third-order valence-corrected chi connectivity index (χ3v) is 6.37. The number of carbonyl (C=O) groups excluding carboxylic acids is 1. The van der Waals surface area contributed by atoms with Crippen molar-refractivity contribution >= 4 is 43.8 Å². The molecule has 0 saturated heterocycles. The Morgan fingerprint density at radius 1 is 1.25 bits per heavy atom. The van der Waals surface area contributed by atoms with E-state index in [4.69, 9.17) is 11.6 Å². The summed E-state index contributed by atoms with van der Waals surface area (Å²) in [5.74, 6) is -0.379. The zero-order chi connectivity index (χ0) is 20.3. The smallest absolute Gasteiger partial charge is 0.260 e. The summed E-state index contributed by atoms with van der Waals surface area (Å²) >= 11 is 7.31. The summed E-state index contributed by atoms with van der Waals surface area (Å²) in [7, 11) is -3.56. The predicted octanol–water partition coefficient (Wildman–Crippen LogP) is 4.70. The van der Waals surface area contributed by atoms with Crippen LogP contribution in [-0.4, -0.2) is 32.1 Å². The zero-order valence-electron chi connectivity index (χ0n) is 15.0. The van der Waals surface area contributed by atoms with Crippen molar-refractivity contribution in [2.75, 3.05) is 17.7 Å². The van der Waals surface area contributed by atoms with Gasteiger partial charge in [-0.05, 0) is 18.2 Å². The van der Waals surface area contributed by atoms with Crippen molar-refractivity contribution in [3.63, 3.8) is 0 Å². The van der Waals surface area contributed by atoms with E-state index in [1.54, 1.807) is 6.08 Å². The third-order valence-electron chi connectivity index (χ3n) is 3.93. The number of hydrogen-bond donors (Lipinski definition) is 0. The maximum absolute atomic E-state index is 13.1. The fraction of sp³-hybridized carbons (Fsp3) is 0.100. The lowest BCUT2D eigenvalue weighted by atomic mass is 10.2. The minimum absolute atomic E-state index is 0.0786. The first-order valence-corrected chi connectivity index (χ1v) is 11.4. The number of halogens is 1. The van der Waals surface area contributed by atoms with Crippen LogP contribution in [0.2, 0.25) is 5.02 Å². The van der Waals surface area contributed by atoms with Crippen LogP contribution >= 0.6 is 22.9 Å². The van der Waals surface area contributed by atoms with Gasteiger partial charge in [-0.2, -0.15) is 0 Å². The average molecular weight is 433 g/mol. The van der Waals surface area contributed by atoms with Gasteiger partial charge in [-0.1, -0.05) is 48.0 Å². The summed E-state index contributed by atoms with van der Waals surface area (Å²) in [4.78, 5) is 19.0. The van der Waals surface area contributed by atoms with Crippen molar-refractivity contribution in [2.24, 2.45) is 0 Å². The summed E-state index contributed by atoms with van der Waals surface area (Å²) in [6.45, 7) is 3.94. The molecule has 3 aromatic rings. The van der Waals surface area contributed by atoms with Crippen LogP contribution < -0.4 is 4.90 Å². The lowest BCUT2D eigenvalue weighted by molar-refractivity contribution is 0.0989. The van der Waals surface area contributed by atoms with Crippen molar-refractivity contribution in [2.45, 2.75) is 4.90 Å². The van der Waals surface area contributed by atoms with Gasteiger partial charge in [0.1, 0.15) is 0 Å². The molecule has 0 spiro atoms. The molecule has 0 aliphatic carbocycles. The van der Waals surface area contributed by atoms with Crippen LogP contribution in [0.4, 0.5) is 5.13 Å². The van der Waals surface area contributed by atoms with Crippen LogP contribution in [-0.2, 0) is 9.84 Å². The molecule has 0 aliphatic rings. The molecular formula is C20H17ClN2O3S2. The van der Waals surface area contributed by atoms with Crippen molar-refractivity contribution in [1.82, 2.24) is 4.98 Å². The molecule has 28 heavy (non-hydrogen) atoms. The standard InChI is InChI=1S/C20H17ClN2O3S2/c1-3-11-23(20-22-17(13-27-20)14-7-5-4-6-8-14)19(24)15-9-10-16(21)18(12-15)28(2,25)26/h3-10,12-13H,1,11H2,2H3. The van der Waals surface area contributed by atoms with Gasteiger partial charge in [-0.15, -0.1) is 17.9 Å². The second kappa shape index (κ2) is 8.26. The molecule has 1 amide bonds. The highest BCUT2D eigenvalue weighted by Gasteiger charge is 2.22. The Morgan fingerprint density at radius 2 is 1.96 bits per heavy atom. The number of thiazole rings is 1. The van der Waals surface area contributed by atoms with E-state index in [0.717, 1.165) is 17.5 Å². The van der Waals surface area contributed by atoms with E-state index in [2.05, 4.69) is 11.6 Å². The van der Waals surface area contributed by atoms with E-state index in [1.807, 2.05) is 35.7 Å². The molecule has 0 radical (unpaired) electrons. The molecule has 144 valence electrons. The molecule has 2 aromatic carbocycles. The molecule has 0 atom stereocenters. The molecule has 1 aromatic heterocycles. The molecule has 3 rings (SSSR count). The highest BCUT2D eigenvalue weighted by atomic mass is 35.5. The normalized spacial score (nSPS) is 11.2. The van der Waals surface area contributed by atoms with Gasteiger partial charge in [0.05, 0.1) is 15.6 Å². The molecule has 1 heterocycles. The lowest BCUT2D eigenvalue weighted by Crippen LogP contribution is -2.31. The van der Waals surface area contributed by atoms with E-state index >= 15 is 0 Å². The molecule has 8 heteroatoms. The van der Waals surface area contributed by atoms with E-state index in [0.29, 0.717) is 5.13 Å². The first kappa shape index (κ1) is 20.3. The minimum Gasteiger partial charge on any atom is -0.280 e. The van der Waals surface area contributed by atoms with Crippen molar-refractivity contribution in [3.05, 3.63) is 77.2 Å². The number of rotatable bonds is 6. The van der Waals surface area contributed by atoms with E-state index in [9.17, 15) is 13.2 Å². The topological polar surface area (TPSA) is 67.3 Å². The molecular weight excluding hydrogens is 416 g/mol. The Kier molecular flexibility index (Phi) is 5.98. The molecule has 0 unspecified atom stereocenters. The van der Waals surface area contributed by atoms with Crippen LogP contribution in [0.1, 0.15) is 10.4 Å². The van der Waals surface area contributed by atoms with E-state index in [1.165, 1.54) is 34.4 Å². The number of carbonyl (C=O) groups is 1. The Balaban J connectivity index is 1.98. The fourth-order valence-electron chi connectivity index (χ4n) is 2.58. The van der Waals surface area contributed by atoms with Crippen molar-refractivity contribution < 1.29 is 13.2 Å². The van der Waals surface area contributed by atoms with Gasteiger partial charge >= 0.3 is 0 Å². The number of amides is 1. The Bertz CT molecular complexity index is 1130. The second-order valence-electron chi connectivity index (χ2n) is 6.00. The van der Waals surface area contributed by atoms with Crippen LogP contribution in [0, 0.1) is 0 Å². The SMILES string of the molecule is C=CCN(C(=O)c1ccc(Cl)c(S(C)(=O)=O)c1)c1nc(-c2ccccc2)cs1. The quantitative estimate of drug-likeness (QED) is 0.529. The monoisotopic (exact) mass is 432 g/mol. The number of benzene rings is 2. The number of sulfone groups is 1. The summed E-state index contributed by atoms with van der Waals surface area (Å²) in [5.41, 5.74) is 1.92. The van der Waals surface area contributed by atoms with Crippen LogP contribution in [0.25, 0.3) is 11.3 Å². The van der Waals surface area contributed by atoms with E-state index in [-0.39, 0.29) is 27.9 Å². The first-order valence-electron chi connectivity index (χ1n) is 8.24. The van der Waals surface area contributed by atoms with Gasteiger partial charge < -0.3 is 0 Å². The molecule has 0 saturated carbocycles. The Hall–Kier alpha value is -2.48. The number of hydrogen-bond acceptors (Lipinski definition) is 5. The van der Waals surface area contributed by atoms with Gasteiger partial charge in [-0.3, -0.25) is 9.69 Å². The van der Waals surface area contributed by atoms with Crippen molar-refractivity contribution in [1.29, 1.82) is 0 Å². The maximum atomic E-state index is 13.1. The van der Waals surface area contributed by atoms with Crippen LogP contribution in [0.3, 0.4) is 0 Å². The Morgan fingerprint density at radius 3 is 2.61 bits per heavy atom. The highest BCUT2D eigenvalue weighted by Crippen LogP contribution is 2.29. The van der Waals surface area contributed by atoms with Gasteiger partial charge in [0.2, 0.25) is 0 Å². The number of nitrogens with zero attached hydrogens (tertiary/aromatic N) is 2. The molecule has 0 bridgehead atoms. The minimum atomic E-state index is -3.56. The van der Waals surface area contributed by atoms with E-state index < -0.39 is 9.84 Å². The average Bonchev–Trinajstić information content (AvgIpc) is 3.15. The lowest BCUT2D eigenvalue weighted by Gasteiger charge is -2.18. The number of aromatic nitrogens is 1.